The molecule has 0 aliphatic carbocycles. The van der Waals surface area contributed by atoms with Crippen LogP contribution in [0.25, 0.3) is 0 Å². The quantitative estimate of drug-likeness (QED) is 0.738. The van der Waals surface area contributed by atoms with Crippen molar-refractivity contribution in [1.82, 2.24) is 4.90 Å². The van der Waals surface area contributed by atoms with E-state index in [1.807, 2.05) is 20.8 Å². The summed E-state index contributed by atoms with van der Waals surface area (Å²) in [4.78, 5) is 25.6. The number of hydrogen-bond acceptors (Lipinski definition) is 4. The molecule has 0 spiro atoms. The number of Topliss-reactive ketones (excluding diaryl/α,β-unsaturated/α-hetero) is 1. The molecule has 2 saturated heterocycles. The van der Waals surface area contributed by atoms with Crippen LogP contribution in [0.4, 0.5) is 0 Å². The van der Waals surface area contributed by atoms with E-state index in [1.54, 1.807) is 4.90 Å². The Bertz CT molecular complexity index is 366. The molecule has 2 fully saturated rings. The summed E-state index contributed by atoms with van der Waals surface area (Å²) >= 11 is 0. The number of likely N-dealkylation sites (tertiary alicyclic amines) is 1. The third kappa shape index (κ3) is 2.06. The lowest BCUT2D eigenvalue weighted by atomic mass is 9.75. The molecule has 2 heterocycles. The highest BCUT2D eigenvalue weighted by Crippen LogP contribution is 2.36. The van der Waals surface area contributed by atoms with E-state index in [9.17, 15) is 9.59 Å². The fourth-order valence-electron chi connectivity index (χ4n) is 2.69. The lowest BCUT2D eigenvalue weighted by molar-refractivity contribution is -0.168. The van der Waals surface area contributed by atoms with Gasteiger partial charge in [0.1, 0.15) is 12.0 Å². The maximum atomic E-state index is 12.0. The van der Waals surface area contributed by atoms with Gasteiger partial charge in [0.2, 0.25) is 5.91 Å². The minimum Gasteiger partial charge on any atom is -0.394 e. The van der Waals surface area contributed by atoms with Gasteiger partial charge in [0.05, 0.1) is 19.1 Å². The Labute approximate surface area is 107 Å². The lowest BCUT2D eigenvalue weighted by Gasteiger charge is -2.45. The fourth-order valence-corrected chi connectivity index (χ4v) is 2.69. The van der Waals surface area contributed by atoms with E-state index in [0.29, 0.717) is 0 Å². The molecule has 0 aromatic carbocycles. The van der Waals surface area contributed by atoms with Gasteiger partial charge >= 0.3 is 0 Å². The Balaban J connectivity index is 2.17. The van der Waals surface area contributed by atoms with Gasteiger partial charge in [-0.1, -0.05) is 13.8 Å². The van der Waals surface area contributed by atoms with Gasteiger partial charge < -0.3 is 14.7 Å². The summed E-state index contributed by atoms with van der Waals surface area (Å²) in [5.74, 6) is -0.164. The van der Waals surface area contributed by atoms with Crippen molar-refractivity contribution in [3.05, 3.63) is 0 Å². The van der Waals surface area contributed by atoms with Crippen molar-refractivity contribution in [2.75, 3.05) is 6.61 Å². The molecular weight excluding hydrogens is 234 g/mol. The number of piperidine rings is 1. The van der Waals surface area contributed by atoms with Gasteiger partial charge in [-0.2, -0.15) is 0 Å². The monoisotopic (exact) mass is 255 g/mol. The first kappa shape index (κ1) is 13.5. The third-order valence-electron chi connectivity index (χ3n) is 4.38. The Morgan fingerprint density at radius 2 is 2.06 bits per heavy atom. The summed E-state index contributed by atoms with van der Waals surface area (Å²) in [7, 11) is 0. The number of ketones is 1. The van der Waals surface area contributed by atoms with Crippen molar-refractivity contribution in [1.29, 1.82) is 0 Å². The van der Waals surface area contributed by atoms with Gasteiger partial charge in [-0.3, -0.25) is 9.59 Å². The highest BCUT2D eigenvalue weighted by atomic mass is 16.5. The summed E-state index contributed by atoms with van der Waals surface area (Å²) in [6, 6.07) is -0.173. The molecule has 3 atom stereocenters. The molecule has 1 amide bonds. The maximum absolute atomic E-state index is 12.0. The molecule has 0 aromatic rings. The number of rotatable bonds is 2. The average molecular weight is 255 g/mol. The molecule has 0 bridgehead atoms. The summed E-state index contributed by atoms with van der Waals surface area (Å²) in [5, 5.41) is 9.08. The molecule has 0 saturated carbocycles. The largest absolute Gasteiger partial charge is 0.394 e. The van der Waals surface area contributed by atoms with Crippen LogP contribution in [0.5, 0.6) is 0 Å². The Morgan fingerprint density at radius 3 is 2.61 bits per heavy atom. The zero-order chi connectivity index (χ0) is 13.5. The van der Waals surface area contributed by atoms with Gasteiger partial charge in [0.15, 0.2) is 0 Å². The van der Waals surface area contributed by atoms with Crippen molar-refractivity contribution >= 4 is 11.7 Å². The van der Waals surface area contributed by atoms with Crippen LogP contribution in [0.2, 0.25) is 0 Å². The van der Waals surface area contributed by atoms with Crippen molar-refractivity contribution in [2.45, 2.75) is 58.4 Å². The summed E-state index contributed by atoms with van der Waals surface area (Å²) in [5.41, 5.74) is -0.533. The molecule has 2 rings (SSSR count). The highest BCUT2D eigenvalue weighted by molar-refractivity contribution is 6.03. The molecule has 5 heteroatoms. The first-order valence-electron chi connectivity index (χ1n) is 6.48. The van der Waals surface area contributed by atoms with Crippen LogP contribution in [0.1, 0.15) is 40.0 Å². The molecule has 0 aromatic heterocycles. The molecule has 2 aliphatic heterocycles. The molecule has 102 valence electrons. The topological polar surface area (TPSA) is 66.8 Å². The highest BCUT2D eigenvalue weighted by Gasteiger charge is 2.48. The van der Waals surface area contributed by atoms with E-state index in [0.717, 1.165) is 12.8 Å². The predicted molar refractivity (Wildman–Crippen MR) is 64.7 cm³/mol. The number of hydrogen-bond donors (Lipinski definition) is 1. The van der Waals surface area contributed by atoms with Gasteiger partial charge in [-0.15, -0.1) is 0 Å². The van der Waals surface area contributed by atoms with Crippen LogP contribution >= 0.6 is 0 Å². The normalized spacial score (nSPS) is 36.2. The maximum Gasteiger partial charge on any atom is 0.232 e. The van der Waals surface area contributed by atoms with E-state index in [1.165, 1.54) is 0 Å². The number of amides is 1. The van der Waals surface area contributed by atoms with Crippen molar-refractivity contribution in [3.63, 3.8) is 0 Å². The third-order valence-corrected chi connectivity index (χ3v) is 4.38. The first-order chi connectivity index (χ1) is 8.37. The molecule has 3 unspecified atom stereocenters. The SMILES string of the molecule is CC1N(C2CCC(CO)O2)C(=O)CC(=O)C1(C)C. The number of ether oxygens (including phenoxy) is 1. The minimum absolute atomic E-state index is 0.00652. The van der Waals surface area contributed by atoms with Crippen molar-refractivity contribution in [3.8, 4) is 0 Å². The van der Waals surface area contributed by atoms with Gasteiger partial charge in [-0.25, -0.2) is 0 Å². The summed E-state index contributed by atoms with van der Waals surface area (Å²) in [6.45, 7) is 5.62. The lowest BCUT2D eigenvalue weighted by Crippen LogP contribution is -2.59. The second-order valence-electron chi connectivity index (χ2n) is 5.77. The van der Waals surface area contributed by atoms with Crippen LogP contribution < -0.4 is 0 Å². The van der Waals surface area contributed by atoms with Gasteiger partial charge in [0, 0.05) is 11.5 Å². The number of carbonyl (C=O) groups excluding carboxylic acids is 2. The fraction of sp³-hybridized carbons (Fsp3) is 0.846. The minimum atomic E-state index is -0.533. The van der Waals surface area contributed by atoms with E-state index < -0.39 is 5.41 Å². The molecule has 5 nitrogen and oxygen atoms in total. The molecule has 2 aliphatic rings. The number of aliphatic hydroxyl groups excluding tert-OH is 1. The van der Waals surface area contributed by atoms with Crippen molar-refractivity contribution in [2.24, 2.45) is 5.41 Å². The Morgan fingerprint density at radius 1 is 1.39 bits per heavy atom. The van der Waals surface area contributed by atoms with E-state index in [2.05, 4.69) is 0 Å². The Hall–Kier alpha value is -0.940. The second-order valence-corrected chi connectivity index (χ2v) is 5.77. The molecule has 0 radical (unpaired) electrons. The number of carbonyl (C=O) groups is 2. The van der Waals surface area contributed by atoms with Crippen LogP contribution in [0, 0.1) is 5.41 Å². The molecule has 18 heavy (non-hydrogen) atoms. The van der Waals surface area contributed by atoms with Crippen LogP contribution in [-0.2, 0) is 14.3 Å². The average Bonchev–Trinajstić information content (AvgIpc) is 2.76. The zero-order valence-corrected chi connectivity index (χ0v) is 11.2. The zero-order valence-electron chi connectivity index (χ0n) is 11.2. The first-order valence-corrected chi connectivity index (χ1v) is 6.48. The molecule has 1 N–H and O–H groups in total. The number of nitrogens with zero attached hydrogens (tertiary/aromatic N) is 1. The second kappa shape index (κ2) is 4.63. The van der Waals surface area contributed by atoms with Crippen LogP contribution in [-0.4, -0.2) is 46.7 Å². The summed E-state index contributed by atoms with van der Waals surface area (Å²) < 4.78 is 5.66. The number of aliphatic hydroxyl groups is 1. The Kier molecular flexibility index (Phi) is 3.47. The van der Waals surface area contributed by atoms with Crippen molar-refractivity contribution < 1.29 is 19.4 Å². The van der Waals surface area contributed by atoms with E-state index in [4.69, 9.17) is 9.84 Å². The van der Waals surface area contributed by atoms with Crippen LogP contribution in [0.15, 0.2) is 0 Å². The predicted octanol–water partition coefficient (Wildman–Crippen LogP) is 0.700. The van der Waals surface area contributed by atoms with Crippen LogP contribution in [0.3, 0.4) is 0 Å². The smallest absolute Gasteiger partial charge is 0.232 e. The summed E-state index contributed by atoms with van der Waals surface area (Å²) in [6.07, 6.45) is 0.964. The van der Waals surface area contributed by atoms with E-state index in [-0.39, 0.29) is 43.1 Å². The molecular formula is C13H21NO4. The van der Waals surface area contributed by atoms with Gasteiger partial charge in [0.25, 0.3) is 0 Å². The van der Waals surface area contributed by atoms with E-state index >= 15 is 0 Å². The standard InChI is InChI=1S/C13H21NO4/c1-8-13(2,3)10(16)6-11(17)14(8)12-5-4-9(7-15)18-12/h8-9,12,15H,4-7H2,1-3H3. The van der Waals surface area contributed by atoms with Gasteiger partial charge in [-0.05, 0) is 19.8 Å².